The van der Waals surface area contributed by atoms with Crippen LogP contribution in [0.15, 0.2) is 40.3 Å². The Balaban J connectivity index is 1.47. The molecule has 0 radical (unpaired) electrons. The van der Waals surface area contributed by atoms with Gasteiger partial charge in [0.1, 0.15) is 6.54 Å². The molecule has 9 nitrogen and oxygen atoms in total. The Labute approximate surface area is 189 Å². The number of aliphatic imine (C=N–C) groups is 1. The smallest absolute Gasteiger partial charge is 0.394 e. The number of aromatic nitrogens is 2. The second-order valence-corrected chi connectivity index (χ2v) is 8.73. The van der Waals surface area contributed by atoms with E-state index in [4.69, 9.17) is 5.11 Å². The van der Waals surface area contributed by atoms with Crippen molar-refractivity contribution in [3.05, 3.63) is 35.3 Å². The minimum atomic E-state index is -4.44. The second-order valence-electron chi connectivity index (χ2n) is 8.73. The highest BCUT2D eigenvalue weighted by atomic mass is 19.4. The summed E-state index contributed by atoms with van der Waals surface area (Å²) < 4.78 is 39.2. The lowest BCUT2D eigenvalue weighted by Gasteiger charge is -2.38. The largest absolute Gasteiger partial charge is 0.405 e. The van der Waals surface area contributed by atoms with Gasteiger partial charge in [0.25, 0.3) is 0 Å². The number of allylic oxidation sites excluding steroid dienone is 2. The highest BCUT2D eigenvalue weighted by Crippen LogP contribution is 2.38. The number of nitrogens with zero attached hydrogens (tertiary/aromatic N) is 4. The summed E-state index contributed by atoms with van der Waals surface area (Å²) in [5, 5.41) is 22.0. The first-order valence-corrected chi connectivity index (χ1v) is 10.9. The van der Waals surface area contributed by atoms with Gasteiger partial charge in [0.2, 0.25) is 5.79 Å². The van der Waals surface area contributed by atoms with Gasteiger partial charge in [0.05, 0.1) is 31.1 Å². The van der Waals surface area contributed by atoms with E-state index >= 15 is 0 Å². The first-order chi connectivity index (χ1) is 15.6. The zero-order chi connectivity index (χ0) is 23.8. The van der Waals surface area contributed by atoms with Crippen molar-refractivity contribution in [3.8, 4) is 0 Å². The maximum Gasteiger partial charge on any atom is 0.405 e. The Kier molecular flexibility index (Phi) is 6.12. The van der Waals surface area contributed by atoms with E-state index in [-0.39, 0.29) is 18.7 Å². The van der Waals surface area contributed by atoms with Crippen LogP contribution in [0.4, 0.5) is 23.7 Å². The Morgan fingerprint density at radius 2 is 2.18 bits per heavy atom. The average molecular weight is 467 g/mol. The van der Waals surface area contributed by atoms with Crippen molar-refractivity contribution in [2.24, 2.45) is 4.99 Å². The Hall–Kier alpha value is -3.02. The number of hydrogen-bond donors (Lipinski definition) is 4. The molecule has 2 amide bonds. The average Bonchev–Trinajstić information content (AvgIpc) is 3.28. The highest BCUT2D eigenvalue weighted by molar-refractivity contribution is 5.82. The van der Waals surface area contributed by atoms with Gasteiger partial charge in [-0.15, -0.1) is 0 Å². The SMILES string of the molecule is CC1=C(C2=CC3CCC(C2)N3C(=O)NCC(F)(F)F)NC(C)(Nc2cnn(CCO)c2)N=C1. The highest BCUT2D eigenvalue weighted by Gasteiger charge is 2.42. The Bertz CT molecular complexity index is 1000. The van der Waals surface area contributed by atoms with Crippen LogP contribution in [0, 0.1) is 0 Å². The number of hydrogen-bond acceptors (Lipinski definition) is 6. The molecule has 12 heteroatoms. The molecule has 4 heterocycles. The number of nitrogens with one attached hydrogen (secondary N) is 3. The third-order valence-electron chi connectivity index (χ3n) is 6.02. The van der Waals surface area contributed by atoms with Crippen LogP contribution in [0.5, 0.6) is 0 Å². The molecular formula is C21H28F3N7O2. The normalized spacial score (nSPS) is 26.8. The van der Waals surface area contributed by atoms with Crippen LogP contribution in [-0.4, -0.2) is 69.2 Å². The molecule has 0 saturated carbocycles. The number of anilines is 1. The molecular weight excluding hydrogens is 439 g/mol. The standard InChI is InChI=1S/C21H28F3N7O2/c1-13-9-26-20(2,28-15-10-27-30(11-15)5-6-32)29-18(13)14-7-16-3-4-17(8-14)31(16)19(33)25-12-21(22,23)24/h7,9-11,16-17,28-29,32H,3-6,8,12H2,1-2H3,(H,25,33). The number of amides is 2. The summed E-state index contributed by atoms with van der Waals surface area (Å²) in [5.41, 5.74) is 3.59. The number of rotatable bonds is 6. The summed E-state index contributed by atoms with van der Waals surface area (Å²) in [7, 11) is 0. The first-order valence-electron chi connectivity index (χ1n) is 10.9. The number of halogens is 3. The molecule has 4 N–H and O–H groups in total. The molecule has 33 heavy (non-hydrogen) atoms. The summed E-state index contributed by atoms with van der Waals surface area (Å²) >= 11 is 0. The van der Waals surface area contributed by atoms with Gasteiger partial charge in [-0.2, -0.15) is 18.3 Å². The molecule has 2 bridgehead atoms. The zero-order valence-corrected chi connectivity index (χ0v) is 18.5. The number of fused-ring (bicyclic) bond motifs is 2. The van der Waals surface area contributed by atoms with Gasteiger partial charge in [-0.05, 0) is 44.3 Å². The number of aliphatic hydroxyl groups excluding tert-OH is 1. The van der Waals surface area contributed by atoms with Crippen molar-refractivity contribution in [2.75, 3.05) is 18.5 Å². The number of aliphatic hydroxyl groups is 1. The van der Waals surface area contributed by atoms with E-state index in [2.05, 4.69) is 20.7 Å². The summed E-state index contributed by atoms with van der Waals surface area (Å²) in [4.78, 5) is 18.5. The zero-order valence-electron chi connectivity index (χ0n) is 18.5. The summed E-state index contributed by atoms with van der Waals surface area (Å²) in [6.45, 7) is 2.87. The van der Waals surface area contributed by atoms with Gasteiger partial charge in [-0.1, -0.05) is 6.08 Å². The molecule has 3 unspecified atom stereocenters. The van der Waals surface area contributed by atoms with Crippen LogP contribution in [0.2, 0.25) is 0 Å². The minimum absolute atomic E-state index is 0.0113. The number of carbonyl (C=O) groups excluding carboxylic acids is 1. The maximum absolute atomic E-state index is 12.5. The molecule has 1 aromatic heterocycles. The van der Waals surface area contributed by atoms with Crippen molar-refractivity contribution < 1.29 is 23.1 Å². The topological polar surface area (TPSA) is 107 Å². The number of carbonyl (C=O) groups is 1. The van der Waals surface area contributed by atoms with Crippen LogP contribution in [0.25, 0.3) is 0 Å². The van der Waals surface area contributed by atoms with E-state index in [9.17, 15) is 18.0 Å². The lowest BCUT2D eigenvalue weighted by Crippen LogP contribution is -2.52. The monoisotopic (exact) mass is 467 g/mol. The van der Waals surface area contributed by atoms with Crippen LogP contribution in [0.3, 0.4) is 0 Å². The van der Waals surface area contributed by atoms with E-state index < -0.39 is 24.5 Å². The fraction of sp³-hybridized carbons (Fsp3) is 0.571. The number of urea groups is 1. The summed E-state index contributed by atoms with van der Waals surface area (Å²) in [6, 6.07) is -1.07. The lowest BCUT2D eigenvalue weighted by atomic mass is 9.95. The third kappa shape index (κ3) is 5.15. The van der Waals surface area contributed by atoms with Gasteiger partial charge < -0.3 is 26.0 Å². The van der Waals surface area contributed by atoms with Crippen molar-refractivity contribution >= 4 is 17.9 Å². The van der Waals surface area contributed by atoms with Gasteiger partial charge in [0.15, 0.2) is 0 Å². The summed E-state index contributed by atoms with van der Waals surface area (Å²) in [6.07, 6.45) is 4.75. The van der Waals surface area contributed by atoms with Gasteiger partial charge in [0, 0.05) is 24.2 Å². The van der Waals surface area contributed by atoms with E-state index in [1.807, 2.05) is 25.2 Å². The maximum atomic E-state index is 12.5. The third-order valence-corrected chi connectivity index (χ3v) is 6.02. The van der Waals surface area contributed by atoms with Gasteiger partial charge >= 0.3 is 12.2 Å². The van der Waals surface area contributed by atoms with Gasteiger partial charge in [-0.25, -0.2) is 9.79 Å². The molecule has 3 atom stereocenters. The molecule has 180 valence electrons. The Morgan fingerprint density at radius 1 is 1.39 bits per heavy atom. The predicted molar refractivity (Wildman–Crippen MR) is 116 cm³/mol. The predicted octanol–water partition coefficient (Wildman–Crippen LogP) is 2.34. The van der Waals surface area contributed by atoms with Crippen LogP contribution in [-0.2, 0) is 6.54 Å². The van der Waals surface area contributed by atoms with E-state index in [0.717, 1.165) is 29.0 Å². The van der Waals surface area contributed by atoms with E-state index in [1.165, 1.54) is 4.90 Å². The fourth-order valence-electron chi connectivity index (χ4n) is 4.59. The van der Waals surface area contributed by atoms with E-state index in [1.54, 1.807) is 23.3 Å². The van der Waals surface area contributed by atoms with Gasteiger partial charge in [-0.3, -0.25) is 4.68 Å². The van der Waals surface area contributed by atoms with Crippen LogP contribution < -0.4 is 16.0 Å². The second kappa shape index (κ2) is 8.73. The minimum Gasteiger partial charge on any atom is -0.394 e. The molecule has 1 aromatic rings. The van der Waals surface area contributed by atoms with Crippen molar-refractivity contribution in [1.82, 2.24) is 25.3 Å². The van der Waals surface area contributed by atoms with Crippen LogP contribution >= 0.6 is 0 Å². The fourth-order valence-corrected chi connectivity index (χ4v) is 4.59. The molecule has 0 aliphatic carbocycles. The Morgan fingerprint density at radius 3 is 2.88 bits per heavy atom. The molecule has 1 fully saturated rings. The lowest BCUT2D eigenvalue weighted by molar-refractivity contribution is -0.123. The number of alkyl halides is 3. The molecule has 3 aliphatic heterocycles. The molecule has 0 spiro atoms. The van der Waals surface area contributed by atoms with E-state index in [0.29, 0.717) is 19.4 Å². The van der Waals surface area contributed by atoms with Crippen molar-refractivity contribution in [3.63, 3.8) is 0 Å². The summed E-state index contributed by atoms with van der Waals surface area (Å²) in [5.74, 6) is -0.844. The van der Waals surface area contributed by atoms with Crippen LogP contribution in [0.1, 0.15) is 33.1 Å². The molecule has 0 aromatic carbocycles. The van der Waals surface area contributed by atoms with Crippen molar-refractivity contribution in [1.29, 1.82) is 0 Å². The molecule has 4 rings (SSSR count). The molecule has 1 saturated heterocycles. The van der Waals surface area contributed by atoms with Crippen molar-refractivity contribution in [2.45, 2.75) is 63.7 Å². The quantitative estimate of drug-likeness (QED) is 0.514. The molecule has 3 aliphatic rings. The first kappa shape index (κ1) is 23.1.